The molecule has 3 atom stereocenters. The number of nitrogens with zero attached hydrogens (tertiary/aromatic N) is 1. The highest BCUT2D eigenvalue weighted by Gasteiger charge is 2.35. The Balaban J connectivity index is 1.65. The molecule has 138 valence electrons. The minimum absolute atomic E-state index is 0.115. The summed E-state index contributed by atoms with van der Waals surface area (Å²) in [5.41, 5.74) is 8.47. The minimum Gasteiger partial charge on any atom is -0.376 e. The monoisotopic (exact) mass is 344 g/mol. The molecule has 0 aromatic heterocycles. The van der Waals surface area contributed by atoms with E-state index in [1.807, 2.05) is 0 Å². The molecule has 4 heteroatoms. The Morgan fingerprint density at radius 2 is 2.00 bits per heavy atom. The number of carbonyl (C=O) groups excluding carboxylic acids is 1. The summed E-state index contributed by atoms with van der Waals surface area (Å²) in [6.07, 6.45) is 6.51. The van der Waals surface area contributed by atoms with Gasteiger partial charge in [0.15, 0.2) is 0 Å². The molecule has 1 amide bonds. The van der Waals surface area contributed by atoms with Gasteiger partial charge in [-0.3, -0.25) is 4.79 Å². The normalized spacial score (nSPS) is 26.1. The van der Waals surface area contributed by atoms with Crippen molar-refractivity contribution in [2.45, 2.75) is 51.6 Å². The van der Waals surface area contributed by atoms with Gasteiger partial charge in [0.2, 0.25) is 5.91 Å². The number of rotatable bonds is 7. The average molecular weight is 344 g/mol. The SMILES string of the molecule is Cc1ccc(CCN(CC2CCCO2)C(=O)[C@@H]2CCC[C@@H]2CN)cc1. The molecule has 1 aliphatic heterocycles. The highest BCUT2D eigenvalue weighted by Crippen LogP contribution is 2.32. The van der Waals surface area contributed by atoms with Crippen molar-refractivity contribution in [2.24, 2.45) is 17.6 Å². The van der Waals surface area contributed by atoms with E-state index in [0.29, 0.717) is 18.4 Å². The van der Waals surface area contributed by atoms with Crippen LogP contribution in [0.25, 0.3) is 0 Å². The molecular weight excluding hydrogens is 312 g/mol. The van der Waals surface area contributed by atoms with E-state index in [4.69, 9.17) is 10.5 Å². The Kier molecular flexibility index (Phi) is 6.49. The van der Waals surface area contributed by atoms with Gasteiger partial charge >= 0.3 is 0 Å². The first kappa shape index (κ1) is 18.4. The van der Waals surface area contributed by atoms with Gasteiger partial charge in [0.25, 0.3) is 0 Å². The summed E-state index contributed by atoms with van der Waals surface area (Å²) >= 11 is 0. The van der Waals surface area contributed by atoms with E-state index < -0.39 is 0 Å². The van der Waals surface area contributed by atoms with Crippen molar-refractivity contribution in [2.75, 3.05) is 26.2 Å². The summed E-state index contributed by atoms with van der Waals surface area (Å²) < 4.78 is 5.80. The third kappa shape index (κ3) is 4.83. The van der Waals surface area contributed by atoms with Crippen LogP contribution in [0.4, 0.5) is 0 Å². The molecule has 1 unspecified atom stereocenters. The molecule has 2 N–H and O–H groups in total. The molecule has 1 saturated heterocycles. The van der Waals surface area contributed by atoms with Crippen molar-refractivity contribution in [1.29, 1.82) is 0 Å². The van der Waals surface area contributed by atoms with Gasteiger partial charge in [-0.05, 0) is 57.1 Å². The molecule has 2 fully saturated rings. The maximum atomic E-state index is 13.2. The Morgan fingerprint density at radius 3 is 2.68 bits per heavy atom. The molecule has 1 saturated carbocycles. The van der Waals surface area contributed by atoms with E-state index >= 15 is 0 Å². The maximum Gasteiger partial charge on any atom is 0.226 e. The predicted molar refractivity (Wildman–Crippen MR) is 100 cm³/mol. The van der Waals surface area contributed by atoms with Gasteiger partial charge < -0.3 is 15.4 Å². The smallest absolute Gasteiger partial charge is 0.226 e. The number of hydrogen-bond donors (Lipinski definition) is 1. The topological polar surface area (TPSA) is 55.6 Å². The van der Waals surface area contributed by atoms with Crippen molar-refractivity contribution in [3.05, 3.63) is 35.4 Å². The molecule has 1 aromatic carbocycles. The summed E-state index contributed by atoms with van der Waals surface area (Å²) in [4.78, 5) is 15.3. The van der Waals surface area contributed by atoms with Crippen LogP contribution in [0.5, 0.6) is 0 Å². The Morgan fingerprint density at radius 1 is 1.20 bits per heavy atom. The fraction of sp³-hybridized carbons (Fsp3) is 0.667. The summed E-state index contributed by atoms with van der Waals surface area (Å²) in [5.74, 6) is 0.777. The number of hydrogen-bond acceptors (Lipinski definition) is 3. The Hall–Kier alpha value is -1.39. The maximum absolute atomic E-state index is 13.2. The molecular formula is C21H32N2O2. The molecule has 2 aliphatic rings. The van der Waals surface area contributed by atoms with Crippen molar-refractivity contribution in [3.63, 3.8) is 0 Å². The molecule has 25 heavy (non-hydrogen) atoms. The lowest BCUT2D eigenvalue weighted by molar-refractivity contribution is -0.138. The van der Waals surface area contributed by atoms with E-state index in [-0.39, 0.29) is 12.0 Å². The molecule has 0 bridgehead atoms. The van der Waals surface area contributed by atoms with Gasteiger partial charge in [-0.25, -0.2) is 0 Å². The van der Waals surface area contributed by atoms with Crippen molar-refractivity contribution in [1.82, 2.24) is 4.90 Å². The van der Waals surface area contributed by atoms with E-state index in [1.54, 1.807) is 0 Å². The number of ether oxygens (including phenoxy) is 1. The van der Waals surface area contributed by atoms with Crippen LogP contribution < -0.4 is 5.73 Å². The van der Waals surface area contributed by atoms with Crippen molar-refractivity contribution in [3.8, 4) is 0 Å². The summed E-state index contributed by atoms with van der Waals surface area (Å²) in [6.45, 7) is 5.07. The first-order chi connectivity index (χ1) is 12.2. The van der Waals surface area contributed by atoms with E-state index in [1.165, 1.54) is 11.1 Å². The number of nitrogens with two attached hydrogens (primary N) is 1. The third-order valence-corrected chi connectivity index (χ3v) is 5.83. The van der Waals surface area contributed by atoms with Gasteiger partial charge in [0, 0.05) is 25.6 Å². The second kappa shape index (κ2) is 8.81. The zero-order valence-corrected chi connectivity index (χ0v) is 15.5. The molecule has 1 aromatic rings. The fourth-order valence-corrected chi connectivity index (χ4v) is 4.22. The van der Waals surface area contributed by atoms with E-state index in [9.17, 15) is 4.79 Å². The molecule has 1 heterocycles. The van der Waals surface area contributed by atoms with Crippen LogP contribution in [0.1, 0.15) is 43.2 Å². The van der Waals surface area contributed by atoms with Crippen LogP contribution in [0.15, 0.2) is 24.3 Å². The summed E-state index contributed by atoms with van der Waals surface area (Å²) in [5, 5.41) is 0. The lowest BCUT2D eigenvalue weighted by atomic mass is 9.94. The third-order valence-electron chi connectivity index (χ3n) is 5.83. The molecule has 1 aliphatic carbocycles. The number of carbonyl (C=O) groups is 1. The van der Waals surface area contributed by atoms with Crippen LogP contribution in [-0.4, -0.2) is 43.2 Å². The Bertz CT molecular complexity index is 552. The quantitative estimate of drug-likeness (QED) is 0.827. The first-order valence-corrected chi connectivity index (χ1v) is 9.83. The Labute approximate surface area is 151 Å². The van der Waals surface area contributed by atoms with Crippen LogP contribution in [0, 0.1) is 18.8 Å². The van der Waals surface area contributed by atoms with Gasteiger partial charge in [-0.2, -0.15) is 0 Å². The second-order valence-corrected chi connectivity index (χ2v) is 7.69. The van der Waals surface area contributed by atoms with Gasteiger partial charge in [0.1, 0.15) is 0 Å². The van der Waals surface area contributed by atoms with Crippen LogP contribution >= 0.6 is 0 Å². The second-order valence-electron chi connectivity index (χ2n) is 7.69. The highest BCUT2D eigenvalue weighted by molar-refractivity contribution is 5.79. The van der Waals surface area contributed by atoms with Gasteiger partial charge in [0.05, 0.1) is 6.10 Å². The molecule has 0 spiro atoms. The zero-order valence-electron chi connectivity index (χ0n) is 15.5. The largest absolute Gasteiger partial charge is 0.376 e. The average Bonchev–Trinajstić information content (AvgIpc) is 3.30. The lowest BCUT2D eigenvalue weighted by Crippen LogP contribution is -2.43. The van der Waals surface area contributed by atoms with Gasteiger partial charge in [-0.1, -0.05) is 36.2 Å². The predicted octanol–water partition coefficient (Wildman–Crippen LogP) is 2.92. The van der Waals surface area contributed by atoms with Crippen LogP contribution in [-0.2, 0) is 16.0 Å². The fourth-order valence-electron chi connectivity index (χ4n) is 4.22. The number of amides is 1. The van der Waals surface area contributed by atoms with Gasteiger partial charge in [-0.15, -0.1) is 0 Å². The standard InChI is InChI=1S/C21H32N2O2/c1-16-7-9-17(10-8-16)11-12-23(15-19-5-3-13-25-19)21(24)20-6-2-4-18(20)14-22/h7-10,18-20H,2-6,11-15,22H2,1H3/t18-,19?,20-/m1/s1. The van der Waals surface area contributed by atoms with Crippen LogP contribution in [0.3, 0.4) is 0 Å². The van der Waals surface area contributed by atoms with Crippen molar-refractivity contribution >= 4 is 5.91 Å². The number of benzene rings is 1. The molecule has 0 radical (unpaired) electrons. The van der Waals surface area contributed by atoms with Crippen molar-refractivity contribution < 1.29 is 9.53 Å². The minimum atomic E-state index is 0.115. The number of aryl methyl sites for hydroxylation is 1. The first-order valence-electron chi connectivity index (χ1n) is 9.83. The van der Waals surface area contributed by atoms with E-state index in [2.05, 4.69) is 36.1 Å². The lowest BCUT2D eigenvalue weighted by Gasteiger charge is -2.30. The zero-order chi connectivity index (χ0) is 17.6. The highest BCUT2D eigenvalue weighted by atomic mass is 16.5. The summed E-state index contributed by atoms with van der Waals surface area (Å²) in [6, 6.07) is 8.62. The van der Waals surface area contributed by atoms with Crippen LogP contribution in [0.2, 0.25) is 0 Å². The molecule has 3 rings (SSSR count). The summed E-state index contributed by atoms with van der Waals surface area (Å²) in [7, 11) is 0. The van der Waals surface area contributed by atoms with E-state index in [0.717, 1.165) is 58.2 Å². The molecule has 4 nitrogen and oxygen atoms in total.